The minimum absolute atomic E-state index is 0.195. The SMILES string of the molecule is Cc1cccc(C(O)C2CCN(C(=O)OC(C)(C)C)CC2)c1. The number of ether oxygens (including phenoxy) is 1. The lowest BCUT2D eigenvalue weighted by molar-refractivity contribution is 0.00767. The fourth-order valence-electron chi connectivity index (χ4n) is 2.85. The third-order valence-electron chi connectivity index (χ3n) is 4.02. The summed E-state index contributed by atoms with van der Waals surface area (Å²) in [5, 5.41) is 10.5. The number of aryl methyl sites for hydroxylation is 1. The van der Waals surface area contributed by atoms with Gasteiger partial charge in [0.25, 0.3) is 0 Å². The molecule has 1 amide bonds. The topological polar surface area (TPSA) is 49.8 Å². The van der Waals surface area contributed by atoms with Crippen LogP contribution in [-0.2, 0) is 4.74 Å². The maximum absolute atomic E-state index is 12.0. The van der Waals surface area contributed by atoms with E-state index >= 15 is 0 Å². The molecule has 22 heavy (non-hydrogen) atoms. The molecule has 1 atom stereocenters. The standard InChI is InChI=1S/C18H27NO3/c1-13-6-5-7-15(12-13)16(20)14-8-10-19(11-9-14)17(21)22-18(2,3)4/h5-7,12,14,16,20H,8-11H2,1-4H3. The number of hydrogen-bond donors (Lipinski definition) is 1. The first-order valence-corrected chi connectivity index (χ1v) is 7.99. The molecule has 1 unspecified atom stereocenters. The van der Waals surface area contributed by atoms with Crippen LogP contribution in [0.15, 0.2) is 24.3 Å². The molecule has 1 saturated heterocycles. The Hall–Kier alpha value is -1.55. The van der Waals surface area contributed by atoms with Crippen molar-refractivity contribution in [2.75, 3.05) is 13.1 Å². The van der Waals surface area contributed by atoms with E-state index in [1.807, 2.05) is 52.0 Å². The van der Waals surface area contributed by atoms with Crippen LogP contribution >= 0.6 is 0 Å². The summed E-state index contributed by atoms with van der Waals surface area (Å²) in [6, 6.07) is 8.01. The van der Waals surface area contributed by atoms with Crippen molar-refractivity contribution in [1.82, 2.24) is 4.90 Å². The molecule has 0 aromatic heterocycles. The summed E-state index contributed by atoms with van der Waals surface area (Å²) >= 11 is 0. The monoisotopic (exact) mass is 305 g/mol. The Morgan fingerprint density at radius 3 is 2.50 bits per heavy atom. The highest BCUT2D eigenvalue weighted by molar-refractivity contribution is 5.68. The molecule has 4 nitrogen and oxygen atoms in total. The van der Waals surface area contributed by atoms with Gasteiger partial charge in [-0.2, -0.15) is 0 Å². The van der Waals surface area contributed by atoms with Crippen molar-refractivity contribution in [2.45, 2.75) is 52.2 Å². The summed E-state index contributed by atoms with van der Waals surface area (Å²) in [5.74, 6) is 0.195. The number of aliphatic hydroxyl groups is 1. The highest BCUT2D eigenvalue weighted by atomic mass is 16.6. The van der Waals surface area contributed by atoms with Crippen LogP contribution in [-0.4, -0.2) is 34.8 Å². The zero-order valence-corrected chi connectivity index (χ0v) is 14.0. The molecule has 1 aromatic rings. The van der Waals surface area contributed by atoms with Crippen molar-refractivity contribution in [2.24, 2.45) is 5.92 Å². The molecule has 1 heterocycles. The number of aliphatic hydroxyl groups excluding tert-OH is 1. The largest absolute Gasteiger partial charge is 0.444 e. The summed E-state index contributed by atoms with van der Waals surface area (Å²) in [6.45, 7) is 8.93. The molecule has 4 heteroatoms. The molecule has 2 rings (SSSR count). The zero-order chi connectivity index (χ0) is 16.3. The van der Waals surface area contributed by atoms with Gasteiger partial charge in [0.15, 0.2) is 0 Å². The van der Waals surface area contributed by atoms with Crippen LogP contribution in [0.5, 0.6) is 0 Å². The van der Waals surface area contributed by atoms with Gasteiger partial charge in [-0.15, -0.1) is 0 Å². The number of nitrogens with zero attached hydrogens (tertiary/aromatic N) is 1. The second kappa shape index (κ2) is 6.69. The lowest BCUT2D eigenvalue weighted by atomic mass is 9.87. The van der Waals surface area contributed by atoms with Gasteiger partial charge in [-0.25, -0.2) is 4.79 Å². The molecule has 0 spiro atoms. The van der Waals surface area contributed by atoms with E-state index in [4.69, 9.17) is 4.74 Å². The van der Waals surface area contributed by atoms with Gasteiger partial charge in [-0.1, -0.05) is 29.8 Å². The number of hydrogen-bond acceptors (Lipinski definition) is 3. The van der Waals surface area contributed by atoms with E-state index in [-0.39, 0.29) is 12.0 Å². The Kier molecular flexibility index (Phi) is 5.12. The number of carbonyl (C=O) groups excluding carboxylic acids is 1. The van der Waals surface area contributed by atoms with E-state index in [0.29, 0.717) is 13.1 Å². The summed E-state index contributed by atoms with van der Waals surface area (Å²) in [4.78, 5) is 13.8. The molecule has 0 saturated carbocycles. The molecule has 0 aliphatic carbocycles. The molecule has 122 valence electrons. The molecular formula is C18H27NO3. The van der Waals surface area contributed by atoms with Crippen molar-refractivity contribution >= 4 is 6.09 Å². The van der Waals surface area contributed by atoms with Crippen molar-refractivity contribution < 1.29 is 14.6 Å². The van der Waals surface area contributed by atoms with Gasteiger partial charge < -0.3 is 14.7 Å². The molecule has 0 radical (unpaired) electrons. The number of benzene rings is 1. The Balaban J connectivity index is 1.90. The maximum Gasteiger partial charge on any atom is 0.410 e. The molecule has 1 aliphatic heterocycles. The van der Waals surface area contributed by atoms with Crippen LogP contribution in [0.4, 0.5) is 4.79 Å². The maximum atomic E-state index is 12.0. The molecule has 1 aliphatic rings. The minimum Gasteiger partial charge on any atom is -0.444 e. The fourth-order valence-corrected chi connectivity index (χ4v) is 2.85. The summed E-state index contributed by atoms with van der Waals surface area (Å²) < 4.78 is 5.40. The van der Waals surface area contributed by atoms with Crippen molar-refractivity contribution in [3.8, 4) is 0 Å². The predicted octanol–water partition coefficient (Wildman–Crippen LogP) is 3.68. The Morgan fingerprint density at radius 1 is 1.32 bits per heavy atom. The van der Waals surface area contributed by atoms with Gasteiger partial charge in [0.1, 0.15) is 5.60 Å². The summed E-state index contributed by atoms with van der Waals surface area (Å²) in [7, 11) is 0. The number of rotatable bonds is 2. The van der Waals surface area contributed by atoms with Crippen molar-refractivity contribution in [3.05, 3.63) is 35.4 Å². The van der Waals surface area contributed by atoms with Gasteiger partial charge >= 0.3 is 6.09 Å². The number of piperidine rings is 1. The third kappa shape index (κ3) is 4.47. The average molecular weight is 305 g/mol. The van der Waals surface area contributed by atoms with Gasteiger partial charge in [0.2, 0.25) is 0 Å². The molecule has 1 aromatic carbocycles. The molecule has 0 bridgehead atoms. The number of amides is 1. The molecule has 1 fully saturated rings. The predicted molar refractivity (Wildman–Crippen MR) is 86.7 cm³/mol. The molecule has 1 N–H and O–H groups in total. The van der Waals surface area contributed by atoms with E-state index in [9.17, 15) is 9.90 Å². The van der Waals surface area contributed by atoms with E-state index in [2.05, 4.69) is 0 Å². The van der Waals surface area contributed by atoms with Crippen LogP contribution in [0.3, 0.4) is 0 Å². The Labute approximate surface area is 133 Å². The van der Waals surface area contributed by atoms with Gasteiger partial charge in [-0.3, -0.25) is 0 Å². The lowest BCUT2D eigenvalue weighted by Crippen LogP contribution is -2.42. The lowest BCUT2D eigenvalue weighted by Gasteiger charge is -2.35. The molecular weight excluding hydrogens is 278 g/mol. The van der Waals surface area contributed by atoms with Crippen LogP contribution in [0.25, 0.3) is 0 Å². The van der Waals surface area contributed by atoms with Gasteiger partial charge in [0.05, 0.1) is 6.10 Å². The summed E-state index contributed by atoms with van der Waals surface area (Å²) in [5.41, 5.74) is 1.66. The third-order valence-corrected chi connectivity index (χ3v) is 4.02. The van der Waals surface area contributed by atoms with E-state index in [1.54, 1.807) is 4.90 Å². The second-order valence-corrected chi connectivity index (χ2v) is 7.16. The van der Waals surface area contributed by atoms with Crippen LogP contribution in [0.1, 0.15) is 50.8 Å². The zero-order valence-electron chi connectivity index (χ0n) is 14.0. The fraction of sp³-hybridized carbons (Fsp3) is 0.611. The average Bonchev–Trinajstić information content (AvgIpc) is 2.45. The highest BCUT2D eigenvalue weighted by Crippen LogP contribution is 2.31. The van der Waals surface area contributed by atoms with E-state index in [1.165, 1.54) is 0 Å². The Bertz CT molecular complexity index is 513. The van der Waals surface area contributed by atoms with Crippen molar-refractivity contribution in [1.29, 1.82) is 0 Å². The minimum atomic E-state index is -0.463. The van der Waals surface area contributed by atoms with Crippen LogP contribution in [0.2, 0.25) is 0 Å². The normalized spacial score (nSPS) is 18.1. The van der Waals surface area contributed by atoms with E-state index in [0.717, 1.165) is 24.0 Å². The van der Waals surface area contributed by atoms with Crippen LogP contribution < -0.4 is 0 Å². The Morgan fingerprint density at radius 2 is 1.95 bits per heavy atom. The van der Waals surface area contributed by atoms with Gasteiger partial charge in [0, 0.05) is 13.1 Å². The number of likely N-dealkylation sites (tertiary alicyclic amines) is 1. The van der Waals surface area contributed by atoms with Crippen LogP contribution in [0, 0.1) is 12.8 Å². The number of carbonyl (C=O) groups is 1. The summed E-state index contributed by atoms with van der Waals surface area (Å²) in [6.07, 6.45) is 0.888. The van der Waals surface area contributed by atoms with Crippen molar-refractivity contribution in [3.63, 3.8) is 0 Å². The van der Waals surface area contributed by atoms with Gasteiger partial charge in [-0.05, 0) is 52.0 Å². The highest BCUT2D eigenvalue weighted by Gasteiger charge is 2.30. The first-order valence-electron chi connectivity index (χ1n) is 7.99. The second-order valence-electron chi connectivity index (χ2n) is 7.16. The smallest absolute Gasteiger partial charge is 0.410 e. The quantitative estimate of drug-likeness (QED) is 0.907. The van der Waals surface area contributed by atoms with E-state index < -0.39 is 11.7 Å². The first kappa shape index (κ1) is 16.8. The first-order chi connectivity index (χ1) is 10.3.